The maximum Gasteiger partial charge on any atom is 0.326 e. The lowest BCUT2D eigenvalue weighted by molar-refractivity contribution is -0.141. The van der Waals surface area contributed by atoms with Crippen molar-refractivity contribution in [3.05, 3.63) is 35.4 Å². The summed E-state index contributed by atoms with van der Waals surface area (Å²) in [6.07, 6.45) is 5.02. The van der Waals surface area contributed by atoms with Crippen LogP contribution in [0.5, 0.6) is 0 Å². The second-order valence-electron chi connectivity index (χ2n) is 5.50. The van der Waals surface area contributed by atoms with Gasteiger partial charge in [0.15, 0.2) is 0 Å². The SMILES string of the molecule is Cc1ccccc1C(=O)NC(C(=O)O)C1CCCCC1. The van der Waals surface area contributed by atoms with Crippen LogP contribution in [0, 0.1) is 12.8 Å². The summed E-state index contributed by atoms with van der Waals surface area (Å²) in [5.41, 5.74) is 1.41. The number of carbonyl (C=O) groups excluding carboxylic acids is 1. The van der Waals surface area contributed by atoms with Crippen LogP contribution in [0.25, 0.3) is 0 Å². The molecule has 1 aromatic carbocycles. The molecule has 1 saturated carbocycles. The van der Waals surface area contributed by atoms with E-state index in [2.05, 4.69) is 5.32 Å². The van der Waals surface area contributed by atoms with Crippen LogP contribution in [-0.4, -0.2) is 23.0 Å². The molecule has 2 N–H and O–H groups in total. The normalized spacial score (nSPS) is 17.4. The maximum atomic E-state index is 12.2. The lowest BCUT2D eigenvalue weighted by atomic mass is 9.83. The zero-order valence-electron chi connectivity index (χ0n) is 11.8. The first kappa shape index (κ1) is 14.6. The van der Waals surface area contributed by atoms with Gasteiger partial charge in [0, 0.05) is 5.56 Å². The van der Waals surface area contributed by atoms with E-state index >= 15 is 0 Å². The van der Waals surface area contributed by atoms with Crippen molar-refractivity contribution in [3.8, 4) is 0 Å². The molecule has 0 spiro atoms. The molecule has 0 aromatic heterocycles. The number of carbonyl (C=O) groups is 2. The molecule has 1 fully saturated rings. The summed E-state index contributed by atoms with van der Waals surface area (Å²) < 4.78 is 0. The van der Waals surface area contributed by atoms with E-state index in [1.165, 1.54) is 0 Å². The summed E-state index contributed by atoms with van der Waals surface area (Å²) in [6.45, 7) is 1.85. The Morgan fingerprint density at radius 2 is 1.85 bits per heavy atom. The number of hydrogen-bond donors (Lipinski definition) is 2. The Bertz CT molecular complexity index is 492. The Kier molecular flexibility index (Phi) is 4.77. The van der Waals surface area contributed by atoms with Crippen LogP contribution in [0.4, 0.5) is 0 Å². The fourth-order valence-corrected chi connectivity index (χ4v) is 2.90. The Balaban J connectivity index is 2.10. The molecule has 0 saturated heterocycles. The van der Waals surface area contributed by atoms with E-state index in [0.29, 0.717) is 5.56 Å². The molecule has 0 aliphatic heterocycles. The zero-order chi connectivity index (χ0) is 14.5. The summed E-state index contributed by atoms with van der Waals surface area (Å²) in [7, 11) is 0. The molecule has 0 bridgehead atoms. The van der Waals surface area contributed by atoms with E-state index in [4.69, 9.17) is 0 Å². The number of carboxylic acid groups (broad SMARTS) is 1. The largest absolute Gasteiger partial charge is 0.480 e. The van der Waals surface area contributed by atoms with Crippen LogP contribution in [0.1, 0.15) is 48.0 Å². The van der Waals surface area contributed by atoms with Crippen LogP contribution >= 0.6 is 0 Å². The van der Waals surface area contributed by atoms with Crippen molar-refractivity contribution in [2.45, 2.75) is 45.1 Å². The van der Waals surface area contributed by atoms with Crippen LogP contribution in [0.2, 0.25) is 0 Å². The van der Waals surface area contributed by atoms with Gasteiger partial charge in [0.05, 0.1) is 0 Å². The van der Waals surface area contributed by atoms with E-state index in [1.807, 2.05) is 19.1 Å². The average molecular weight is 275 g/mol. The summed E-state index contributed by atoms with van der Waals surface area (Å²) in [6, 6.07) is 6.46. The number of hydrogen-bond acceptors (Lipinski definition) is 2. The fraction of sp³-hybridized carbons (Fsp3) is 0.500. The van der Waals surface area contributed by atoms with Gasteiger partial charge in [-0.05, 0) is 37.3 Å². The highest BCUT2D eigenvalue weighted by molar-refractivity contribution is 5.97. The highest BCUT2D eigenvalue weighted by Gasteiger charge is 2.31. The molecule has 108 valence electrons. The van der Waals surface area contributed by atoms with Gasteiger partial charge in [-0.2, -0.15) is 0 Å². The first-order valence-corrected chi connectivity index (χ1v) is 7.19. The van der Waals surface area contributed by atoms with E-state index in [-0.39, 0.29) is 11.8 Å². The van der Waals surface area contributed by atoms with Crippen molar-refractivity contribution < 1.29 is 14.7 Å². The molecule has 1 amide bonds. The number of aryl methyl sites for hydroxylation is 1. The first-order chi connectivity index (χ1) is 9.59. The van der Waals surface area contributed by atoms with Gasteiger partial charge < -0.3 is 10.4 Å². The van der Waals surface area contributed by atoms with Gasteiger partial charge in [-0.15, -0.1) is 0 Å². The quantitative estimate of drug-likeness (QED) is 0.888. The van der Waals surface area contributed by atoms with Crippen molar-refractivity contribution in [3.63, 3.8) is 0 Å². The summed E-state index contributed by atoms with van der Waals surface area (Å²) >= 11 is 0. The van der Waals surface area contributed by atoms with Crippen molar-refractivity contribution in [2.24, 2.45) is 5.92 Å². The molecule has 1 aromatic rings. The minimum absolute atomic E-state index is 0.0502. The molecule has 1 unspecified atom stereocenters. The lowest BCUT2D eigenvalue weighted by Gasteiger charge is -2.28. The monoisotopic (exact) mass is 275 g/mol. The fourth-order valence-electron chi connectivity index (χ4n) is 2.90. The van der Waals surface area contributed by atoms with Crippen molar-refractivity contribution in [2.75, 3.05) is 0 Å². The molecule has 0 heterocycles. The van der Waals surface area contributed by atoms with E-state index in [9.17, 15) is 14.7 Å². The highest BCUT2D eigenvalue weighted by atomic mass is 16.4. The Morgan fingerprint density at radius 3 is 2.45 bits per heavy atom. The highest BCUT2D eigenvalue weighted by Crippen LogP contribution is 2.27. The van der Waals surface area contributed by atoms with E-state index in [1.54, 1.807) is 12.1 Å². The number of carboxylic acids is 1. The molecule has 4 nitrogen and oxygen atoms in total. The van der Waals surface area contributed by atoms with Gasteiger partial charge in [0.25, 0.3) is 5.91 Å². The number of benzene rings is 1. The molecule has 4 heteroatoms. The Labute approximate surface area is 119 Å². The van der Waals surface area contributed by atoms with Gasteiger partial charge in [-0.25, -0.2) is 4.79 Å². The second-order valence-corrected chi connectivity index (χ2v) is 5.50. The summed E-state index contributed by atoms with van der Waals surface area (Å²) in [5.74, 6) is -1.17. The van der Waals surface area contributed by atoms with E-state index in [0.717, 1.165) is 37.7 Å². The van der Waals surface area contributed by atoms with E-state index < -0.39 is 12.0 Å². The van der Waals surface area contributed by atoms with Crippen LogP contribution in [0.15, 0.2) is 24.3 Å². The van der Waals surface area contributed by atoms with Gasteiger partial charge >= 0.3 is 5.97 Å². The summed E-state index contributed by atoms with van der Waals surface area (Å²) in [5, 5.41) is 12.1. The standard InChI is InChI=1S/C16H21NO3/c1-11-7-5-6-10-13(11)15(18)17-14(16(19)20)12-8-3-2-4-9-12/h5-7,10,12,14H,2-4,8-9H2,1H3,(H,17,18)(H,19,20). The summed E-state index contributed by atoms with van der Waals surface area (Å²) in [4.78, 5) is 23.7. The van der Waals surface area contributed by atoms with Crippen LogP contribution in [-0.2, 0) is 4.79 Å². The van der Waals surface area contributed by atoms with Crippen LogP contribution < -0.4 is 5.32 Å². The molecule has 20 heavy (non-hydrogen) atoms. The minimum atomic E-state index is -0.932. The third kappa shape index (κ3) is 3.38. The third-order valence-electron chi connectivity index (χ3n) is 4.06. The number of aliphatic carboxylic acids is 1. The minimum Gasteiger partial charge on any atom is -0.480 e. The third-order valence-corrected chi connectivity index (χ3v) is 4.06. The van der Waals surface area contributed by atoms with Gasteiger partial charge in [-0.1, -0.05) is 37.5 Å². The Hall–Kier alpha value is -1.84. The van der Waals surface area contributed by atoms with Gasteiger partial charge in [-0.3, -0.25) is 4.79 Å². The molecule has 2 rings (SSSR count). The number of amides is 1. The molecular weight excluding hydrogens is 254 g/mol. The predicted octanol–water partition coefficient (Wildman–Crippen LogP) is 2.76. The van der Waals surface area contributed by atoms with Gasteiger partial charge in [0.1, 0.15) is 6.04 Å². The molecule has 0 radical (unpaired) electrons. The topological polar surface area (TPSA) is 66.4 Å². The van der Waals surface area contributed by atoms with Gasteiger partial charge in [0.2, 0.25) is 0 Å². The van der Waals surface area contributed by atoms with Crippen molar-refractivity contribution in [1.29, 1.82) is 0 Å². The predicted molar refractivity (Wildman–Crippen MR) is 76.6 cm³/mol. The maximum absolute atomic E-state index is 12.2. The molecular formula is C16H21NO3. The molecule has 1 atom stereocenters. The average Bonchev–Trinajstić information content (AvgIpc) is 2.45. The van der Waals surface area contributed by atoms with Crippen molar-refractivity contribution in [1.82, 2.24) is 5.32 Å². The molecule has 1 aliphatic rings. The lowest BCUT2D eigenvalue weighted by Crippen LogP contribution is -2.46. The Morgan fingerprint density at radius 1 is 1.20 bits per heavy atom. The molecule has 1 aliphatic carbocycles. The van der Waals surface area contributed by atoms with Crippen LogP contribution in [0.3, 0.4) is 0 Å². The first-order valence-electron chi connectivity index (χ1n) is 7.19. The van der Waals surface area contributed by atoms with Crippen molar-refractivity contribution >= 4 is 11.9 Å². The number of nitrogens with one attached hydrogen (secondary N) is 1. The number of rotatable bonds is 4. The zero-order valence-corrected chi connectivity index (χ0v) is 11.8. The second kappa shape index (κ2) is 6.55. The smallest absolute Gasteiger partial charge is 0.326 e.